The molecule has 0 rings (SSSR count). The molecular formula is C10H18O4Ti. The summed E-state index contributed by atoms with van der Waals surface area (Å²) in [6.07, 6.45) is 5.43. The number of carbonyl (C=O) groups is 2. The first-order chi connectivity index (χ1) is 6.70. The molecular weight excluding hydrogens is 232 g/mol. The van der Waals surface area contributed by atoms with Crippen LogP contribution in [0, 0.1) is 0 Å². The zero-order valence-electron chi connectivity index (χ0n) is 9.12. The van der Waals surface area contributed by atoms with Gasteiger partial charge in [0.2, 0.25) is 0 Å². The van der Waals surface area contributed by atoms with Crippen molar-refractivity contribution < 1.29 is 41.2 Å². The number of ether oxygens (including phenoxy) is 1. The zero-order valence-corrected chi connectivity index (χ0v) is 10.7. The first-order valence-electron chi connectivity index (χ1n) is 5.05. The molecule has 86 valence electrons. The molecule has 0 aromatic carbocycles. The van der Waals surface area contributed by atoms with Crippen molar-refractivity contribution in [3.8, 4) is 0 Å². The SMILES string of the molecule is CCCCCCCC(=O)OC(=O)CO.[Ti]. The molecule has 0 radical (unpaired) electrons. The van der Waals surface area contributed by atoms with Gasteiger partial charge in [0.05, 0.1) is 0 Å². The van der Waals surface area contributed by atoms with Gasteiger partial charge in [0, 0.05) is 28.1 Å². The number of hydrogen-bond donors (Lipinski definition) is 1. The van der Waals surface area contributed by atoms with E-state index in [1.165, 1.54) is 6.42 Å². The largest absolute Gasteiger partial charge is 0.391 e. The smallest absolute Gasteiger partial charge is 0.339 e. The van der Waals surface area contributed by atoms with Crippen molar-refractivity contribution in [1.82, 2.24) is 0 Å². The maximum Gasteiger partial charge on any atom is 0.339 e. The van der Waals surface area contributed by atoms with E-state index in [-0.39, 0.29) is 28.1 Å². The van der Waals surface area contributed by atoms with Crippen molar-refractivity contribution in [3.63, 3.8) is 0 Å². The van der Waals surface area contributed by atoms with Gasteiger partial charge < -0.3 is 9.84 Å². The number of unbranched alkanes of at least 4 members (excludes halogenated alkanes) is 4. The van der Waals surface area contributed by atoms with E-state index in [0.717, 1.165) is 25.7 Å². The fourth-order valence-electron chi connectivity index (χ4n) is 1.08. The van der Waals surface area contributed by atoms with Gasteiger partial charge in [-0.2, -0.15) is 0 Å². The third-order valence-electron chi connectivity index (χ3n) is 1.84. The summed E-state index contributed by atoms with van der Waals surface area (Å²) in [6, 6.07) is 0. The number of rotatable bonds is 7. The van der Waals surface area contributed by atoms with Crippen LogP contribution in [0.2, 0.25) is 0 Å². The van der Waals surface area contributed by atoms with E-state index in [4.69, 9.17) is 5.11 Å². The van der Waals surface area contributed by atoms with Gasteiger partial charge in [-0.3, -0.25) is 4.79 Å². The fourth-order valence-corrected chi connectivity index (χ4v) is 1.08. The summed E-state index contributed by atoms with van der Waals surface area (Å²) in [7, 11) is 0. The van der Waals surface area contributed by atoms with Crippen LogP contribution in [0.4, 0.5) is 0 Å². The van der Waals surface area contributed by atoms with E-state index in [9.17, 15) is 9.59 Å². The van der Waals surface area contributed by atoms with Gasteiger partial charge in [-0.1, -0.05) is 32.6 Å². The van der Waals surface area contributed by atoms with Crippen molar-refractivity contribution >= 4 is 11.9 Å². The molecule has 0 aromatic rings. The van der Waals surface area contributed by atoms with Crippen LogP contribution >= 0.6 is 0 Å². The van der Waals surface area contributed by atoms with Crippen LogP contribution in [0.5, 0.6) is 0 Å². The normalized spacial score (nSPS) is 9.20. The Morgan fingerprint density at radius 1 is 1.07 bits per heavy atom. The molecule has 0 saturated carbocycles. The van der Waals surface area contributed by atoms with Gasteiger partial charge in [0.15, 0.2) is 0 Å². The van der Waals surface area contributed by atoms with Crippen molar-refractivity contribution in [1.29, 1.82) is 0 Å². The average molecular weight is 250 g/mol. The van der Waals surface area contributed by atoms with Gasteiger partial charge in [0.1, 0.15) is 6.61 Å². The number of hydrogen-bond acceptors (Lipinski definition) is 4. The van der Waals surface area contributed by atoms with E-state index in [1.807, 2.05) is 0 Å². The Labute approximate surface area is 105 Å². The number of esters is 2. The van der Waals surface area contributed by atoms with E-state index < -0.39 is 18.5 Å². The second-order valence-electron chi connectivity index (χ2n) is 3.17. The van der Waals surface area contributed by atoms with Crippen molar-refractivity contribution in [2.45, 2.75) is 45.4 Å². The van der Waals surface area contributed by atoms with Crippen LogP contribution in [-0.2, 0) is 36.0 Å². The quantitative estimate of drug-likeness (QED) is 0.321. The number of aliphatic hydroxyl groups excluding tert-OH is 1. The molecule has 0 unspecified atom stereocenters. The molecule has 0 aliphatic rings. The molecule has 1 N–H and O–H groups in total. The molecule has 0 saturated heterocycles. The first-order valence-corrected chi connectivity index (χ1v) is 5.05. The molecule has 0 bridgehead atoms. The Bertz CT molecular complexity index is 182. The van der Waals surface area contributed by atoms with Gasteiger partial charge in [0.25, 0.3) is 0 Å². The van der Waals surface area contributed by atoms with Crippen molar-refractivity contribution in [2.24, 2.45) is 0 Å². The molecule has 0 aliphatic carbocycles. The van der Waals surface area contributed by atoms with Crippen LogP contribution in [0.3, 0.4) is 0 Å². The molecule has 0 amide bonds. The van der Waals surface area contributed by atoms with E-state index >= 15 is 0 Å². The van der Waals surface area contributed by atoms with Gasteiger partial charge in [-0.25, -0.2) is 4.79 Å². The number of carbonyl (C=O) groups excluding carboxylic acids is 2. The summed E-state index contributed by atoms with van der Waals surface area (Å²) in [5, 5.41) is 8.30. The predicted molar refractivity (Wildman–Crippen MR) is 51.6 cm³/mol. The molecule has 0 atom stereocenters. The van der Waals surface area contributed by atoms with Crippen LogP contribution in [-0.4, -0.2) is 23.7 Å². The summed E-state index contributed by atoms with van der Waals surface area (Å²) in [4.78, 5) is 21.4. The van der Waals surface area contributed by atoms with Crippen LogP contribution in [0.25, 0.3) is 0 Å². The fraction of sp³-hybridized carbons (Fsp3) is 0.800. The standard InChI is InChI=1S/C10H18O4.Ti/c1-2-3-4-5-6-7-9(12)14-10(13)8-11;/h11H,2-8H2,1H3;. The Balaban J connectivity index is 0. The van der Waals surface area contributed by atoms with Gasteiger partial charge in [-0.15, -0.1) is 0 Å². The summed E-state index contributed by atoms with van der Waals surface area (Å²) < 4.78 is 4.28. The van der Waals surface area contributed by atoms with E-state index in [1.54, 1.807) is 0 Å². The van der Waals surface area contributed by atoms with Crippen LogP contribution in [0.1, 0.15) is 45.4 Å². The van der Waals surface area contributed by atoms with Gasteiger partial charge >= 0.3 is 11.9 Å². The average Bonchev–Trinajstić information content (AvgIpc) is 2.17. The summed E-state index contributed by atoms with van der Waals surface area (Å²) in [5.41, 5.74) is 0. The maximum atomic E-state index is 10.9. The predicted octanol–water partition coefficient (Wildman–Crippen LogP) is 1.41. The minimum absolute atomic E-state index is 0. The molecule has 0 heterocycles. The minimum Gasteiger partial charge on any atom is -0.391 e. The minimum atomic E-state index is -0.872. The molecule has 0 aliphatic heterocycles. The van der Waals surface area contributed by atoms with Gasteiger partial charge in [-0.05, 0) is 6.42 Å². The third-order valence-corrected chi connectivity index (χ3v) is 1.84. The van der Waals surface area contributed by atoms with Crippen LogP contribution < -0.4 is 0 Å². The molecule has 5 heteroatoms. The molecule has 0 fully saturated rings. The molecule has 0 aromatic heterocycles. The zero-order chi connectivity index (χ0) is 10.8. The maximum absolute atomic E-state index is 10.9. The summed E-state index contributed by atoms with van der Waals surface area (Å²) in [6.45, 7) is 1.38. The monoisotopic (exact) mass is 250 g/mol. The third kappa shape index (κ3) is 11.7. The van der Waals surface area contributed by atoms with Crippen molar-refractivity contribution in [2.75, 3.05) is 6.61 Å². The van der Waals surface area contributed by atoms with E-state index in [2.05, 4.69) is 11.7 Å². The Hall–Kier alpha value is -0.186. The second-order valence-corrected chi connectivity index (χ2v) is 3.17. The summed E-state index contributed by atoms with van der Waals surface area (Å²) in [5.74, 6) is -1.41. The Morgan fingerprint density at radius 3 is 2.20 bits per heavy atom. The summed E-state index contributed by atoms with van der Waals surface area (Å²) >= 11 is 0. The molecule has 0 spiro atoms. The van der Waals surface area contributed by atoms with Crippen molar-refractivity contribution in [3.05, 3.63) is 0 Å². The molecule has 15 heavy (non-hydrogen) atoms. The second kappa shape index (κ2) is 11.9. The van der Waals surface area contributed by atoms with Crippen LogP contribution in [0.15, 0.2) is 0 Å². The number of aliphatic hydroxyl groups is 1. The molecule has 4 nitrogen and oxygen atoms in total. The first kappa shape index (κ1) is 17.2. The topological polar surface area (TPSA) is 63.6 Å². The Morgan fingerprint density at radius 2 is 1.67 bits per heavy atom. The Kier molecular flexibility index (Phi) is 13.6. The van der Waals surface area contributed by atoms with E-state index in [0.29, 0.717) is 0 Å².